The molecule has 0 saturated carbocycles. The van der Waals surface area contributed by atoms with Crippen molar-refractivity contribution in [2.75, 3.05) is 50.2 Å². The number of methoxy groups -OCH3 is 1. The molecular formula is C25H34ClN7O3. The Labute approximate surface area is 216 Å². The zero-order valence-electron chi connectivity index (χ0n) is 21.6. The molecule has 3 heterocycles. The third kappa shape index (κ3) is 5.15. The van der Waals surface area contributed by atoms with E-state index in [9.17, 15) is 4.79 Å². The molecule has 1 amide bonds. The number of fused-ring (bicyclic) bond motifs is 1. The van der Waals surface area contributed by atoms with Gasteiger partial charge in [-0.05, 0) is 65.4 Å². The average Bonchev–Trinajstić information content (AvgIpc) is 3.11. The van der Waals surface area contributed by atoms with Crippen LogP contribution in [-0.4, -0.2) is 71.5 Å². The summed E-state index contributed by atoms with van der Waals surface area (Å²) in [4.78, 5) is 21.0. The van der Waals surface area contributed by atoms with E-state index < -0.39 is 11.7 Å². The van der Waals surface area contributed by atoms with Gasteiger partial charge in [0.15, 0.2) is 11.6 Å². The fraction of sp³-hybridized carbons (Fsp3) is 0.480. The van der Waals surface area contributed by atoms with Crippen LogP contribution < -0.4 is 20.7 Å². The van der Waals surface area contributed by atoms with Crippen molar-refractivity contribution in [1.29, 1.82) is 0 Å². The summed E-state index contributed by atoms with van der Waals surface area (Å²) in [7, 11) is 5.76. The Morgan fingerprint density at radius 2 is 1.94 bits per heavy atom. The van der Waals surface area contributed by atoms with Crippen LogP contribution in [0.2, 0.25) is 5.02 Å². The van der Waals surface area contributed by atoms with Crippen molar-refractivity contribution in [1.82, 2.24) is 19.5 Å². The van der Waals surface area contributed by atoms with Crippen molar-refractivity contribution >= 4 is 40.5 Å². The normalized spacial score (nSPS) is 14.9. The fourth-order valence-corrected chi connectivity index (χ4v) is 4.96. The average molecular weight is 516 g/mol. The molecule has 0 bridgehead atoms. The Morgan fingerprint density at radius 1 is 1.25 bits per heavy atom. The smallest absolute Gasteiger partial charge is 0.412 e. The number of nitrogens with zero attached hydrogens (tertiary/aromatic N) is 5. The Balaban J connectivity index is 1.75. The maximum absolute atomic E-state index is 12.3. The van der Waals surface area contributed by atoms with Crippen LogP contribution in [-0.2, 0) is 4.74 Å². The van der Waals surface area contributed by atoms with Gasteiger partial charge < -0.3 is 25.0 Å². The molecule has 11 heteroatoms. The molecule has 194 valence electrons. The maximum Gasteiger partial charge on any atom is 0.412 e. The number of aromatic nitrogens is 3. The first-order valence-corrected chi connectivity index (χ1v) is 12.3. The number of nitrogen functional groups attached to an aromatic ring is 1. The van der Waals surface area contributed by atoms with Gasteiger partial charge in [0.05, 0.1) is 17.8 Å². The number of rotatable bonds is 5. The monoisotopic (exact) mass is 515 g/mol. The maximum atomic E-state index is 12.3. The number of amides is 1. The van der Waals surface area contributed by atoms with Crippen LogP contribution in [0, 0.1) is 0 Å². The molecule has 0 radical (unpaired) electrons. The first-order chi connectivity index (χ1) is 17.0. The van der Waals surface area contributed by atoms with Gasteiger partial charge in [0.2, 0.25) is 0 Å². The number of hydrogen-bond acceptors (Lipinski definition) is 8. The van der Waals surface area contributed by atoms with E-state index in [1.165, 1.54) is 13.4 Å². The van der Waals surface area contributed by atoms with Crippen molar-refractivity contribution in [2.45, 2.75) is 45.3 Å². The number of piperidine rings is 1. The molecule has 10 nitrogen and oxygen atoms in total. The van der Waals surface area contributed by atoms with E-state index in [2.05, 4.69) is 39.3 Å². The minimum absolute atomic E-state index is 0.325. The summed E-state index contributed by atoms with van der Waals surface area (Å²) in [6.07, 6.45) is 2.91. The number of carbonyl (C=O) groups is 1. The number of ether oxygens (including phenoxy) is 2. The van der Waals surface area contributed by atoms with Crippen LogP contribution in [0.3, 0.4) is 0 Å². The number of carbonyl (C=O) groups excluding carboxylic acids is 1. The molecule has 1 aromatic carbocycles. The van der Waals surface area contributed by atoms with Crippen molar-refractivity contribution < 1.29 is 14.3 Å². The van der Waals surface area contributed by atoms with Gasteiger partial charge in [-0.25, -0.2) is 14.3 Å². The number of hydrogen-bond donors (Lipinski definition) is 2. The lowest BCUT2D eigenvalue weighted by Gasteiger charge is -2.36. The molecule has 4 rings (SSSR count). The Hall–Kier alpha value is -3.24. The molecular weight excluding hydrogens is 482 g/mol. The highest BCUT2D eigenvalue weighted by molar-refractivity contribution is 6.37. The molecule has 36 heavy (non-hydrogen) atoms. The highest BCUT2D eigenvalue weighted by Crippen LogP contribution is 2.45. The number of benzene rings is 1. The van der Waals surface area contributed by atoms with Gasteiger partial charge in [-0.1, -0.05) is 17.7 Å². The van der Waals surface area contributed by atoms with Crippen molar-refractivity contribution in [3.05, 3.63) is 29.5 Å². The second-order valence-electron chi connectivity index (χ2n) is 10.1. The number of nitrogens with one attached hydrogen (secondary N) is 1. The lowest BCUT2D eigenvalue weighted by atomic mass is 10.0. The van der Waals surface area contributed by atoms with Gasteiger partial charge in [-0.15, -0.1) is 0 Å². The van der Waals surface area contributed by atoms with E-state index in [1.54, 1.807) is 31.4 Å². The highest BCUT2D eigenvalue weighted by atomic mass is 35.5. The quantitative estimate of drug-likeness (QED) is 0.510. The molecule has 1 saturated heterocycles. The van der Waals surface area contributed by atoms with Crippen molar-refractivity contribution in [3.63, 3.8) is 0 Å². The Bertz CT molecular complexity index is 1260. The lowest BCUT2D eigenvalue weighted by molar-refractivity contribution is 0.0635. The number of anilines is 3. The summed E-state index contributed by atoms with van der Waals surface area (Å²) in [5.41, 5.74) is 8.29. The SMILES string of the molecule is COc1cc(-c2c(Cl)c(N3CCC(N(C)C)CC3)n3ncnc(N)c23)ccc1NC(=O)OC(C)(C)C. The summed E-state index contributed by atoms with van der Waals surface area (Å²) in [5, 5.41) is 7.78. The second-order valence-corrected chi connectivity index (χ2v) is 10.5. The van der Waals surface area contributed by atoms with E-state index in [-0.39, 0.29) is 0 Å². The van der Waals surface area contributed by atoms with Gasteiger partial charge in [0.1, 0.15) is 23.2 Å². The molecule has 1 aliphatic heterocycles. The summed E-state index contributed by atoms with van der Waals surface area (Å²) in [5.74, 6) is 1.58. The highest BCUT2D eigenvalue weighted by Gasteiger charge is 2.29. The molecule has 0 spiro atoms. The third-order valence-corrected chi connectivity index (χ3v) is 6.65. The molecule has 0 aliphatic carbocycles. The van der Waals surface area contributed by atoms with Gasteiger partial charge in [0, 0.05) is 24.7 Å². The van der Waals surface area contributed by atoms with Crippen LogP contribution in [0.15, 0.2) is 24.5 Å². The van der Waals surface area contributed by atoms with Gasteiger partial charge in [-0.3, -0.25) is 5.32 Å². The topological polar surface area (TPSA) is 110 Å². The minimum atomic E-state index is -0.620. The summed E-state index contributed by atoms with van der Waals surface area (Å²) in [6.45, 7) is 7.11. The molecule has 1 aliphatic rings. The van der Waals surface area contributed by atoms with Crippen molar-refractivity contribution in [2.24, 2.45) is 0 Å². The van der Waals surface area contributed by atoms with E-state index in [1.807, 2.05) is 12.1 Å². The summed E-state index contributed by atoms with van der Waals surface area (Å²) in [6, 6.07) is 5.94. The van der Waals surface area contributed by atoms with E-state index >= 15 is 0 Å². The molecule has 3 aromatic rings. The second kappa shape index (κ2) is 10.0. The van der Waals surface area contributed by atoms with Crippen LogP contribution in [0.5, 0.6) is 5.75 Å². The fourth-order valence-electron chi connectivity index (χ4n) is 4.56. The molecule has 2 aromatic heterocycles. The van der Waals surface area contributed by atoms with E-state index in [0.717, 1.165) is 37.3 Å². The van der Waals surface area contributed by atoms with Crippen LogP contribution in [0.25, 0.3) is 16.6 Å². The zero-order valence-corrected chi connectivity index (χ0v) is 22.4. The number of nitrogens with two attached hydrogens (primary N) is 1. The number of halogens is 1. The van der Waals surface area contributed by atoms with Crippen molar-refractivity contribution in [3.8, 4) is 16.9 Å². The molecule has 0 unspecified atom stereocenters. The lowest BCUT2D eigenvalue weighted by Crippen LogP contribution is -2.42. The van der Waals surface area contributed by atoms with E-state index in [0.29, 0.717) is 39.4 Å². The molecule has 1 fully saturated rings. The van der Waals surface area contributed by atoms with E-state index in [4.69, 9.17) is 26.8 Å². The summed E-state index contributed by atoms with van der Waals surface area (Å²) < 4.78 is 12.7. The molecule has 0 atom stereocenters. The zero-order chi connectivity index (χ0) is 26.2. The standard InChI is InChI=1S/C25H34ClN7O3/c1-25(2,3)36-24(34)30-17-8-7-15(13-18(17)35-6)19-20(26)23(33-21(19)22(27)28-14-29-33)32-11-9-16(10-12-32)31(4)5/h7-8,13-14,16H,9-12H2,1-6H3,(H,30,34)(H2,27,28,29). The first kappa shape index (κ1) is 25.8. The van der Waals surface area contributed by atoms with Crippen LogP contribution in [0.1, 0.15) is 33.6 Å². The van der Waals surface area contributed by atoms with Crippen LogP contribution in [0.4, 0.5) is 22.1 Å². The van der Waals surface area contributed by atoms with Gasteiger partial charge >= 0.3 is 6.09 Å². The Morgan fingerprint density at radius 3 is 2.56 bits per heavy atom. The first-order valence-electron chi connectivity index (χ1n) is 11.9. The minimum Gasteiger partial charge on any atom is -0.495 e. The predicted octanol–water partition coefficient (Wildman–Crippen LogP) is 4.52. The Kier molecular flexibility index (Phi) is 7.19. The van der Waals surface area contributed by atoms with Gasteiger partial charge in [-0.2, -0.15) is 5.10 Å². The predicted molar refractivity (Wildman–Crippen MR) is 143 cm³/mol. The third-order valence-electron chi connectivity index (χ3n) is 6.29. The van der Waals surface area contributed by atoms with Crippen LogP contribution >= 0.6 is 11.6 Å². The largest absolute Gasteiger partial charge is 0.495 e. The van der Waals surface area contributed by atoms with Gasteiger partial charge in [0.25, 0.3) is 0 Å². The molecule has 3 N–H and O–H groups in total. The summed E-state index contributed by atoms with van der Waals surface area (Å²) >= 11 is 7.06.